The normalized spacial score (nSPS) is 14.7. The molecule has 0 atom stereocenters. The van der Waals surface area contributed by atoms with Crippen molar-refractivity contribution >= 4 is 21.8 Å². The molecule has 2 nitrogen and oxygen atoms in total. The fourth-order valence-electron chi connectivity index (χ4n) is 2.14. The molecule has 0 heterocycles. The summed E-state index contributed by atoms with van der Waals surface area (Å²) in [7, 11) is 0. The van der Waals surface area contributed by atoms with Gasteiger partial charge in [0.25, 0.3) is 5.91 Å². The Balaban J connectivity index is 2.05. The third-order valence-corrected chi connectivity index (χ3v) is 4.20. The van der Waals surface area contributed by atoms with Gasteiger partial charge >= 0.3 is 0 Å². The van der Waals surface area contributed by atoms with Crippen LogP contribution in [0, 0.1) is 5.92 Å². The topological polar surface area (TPSA) is 20.3 Å². The summed E-state index contributed by atoms with van der Waals surface area (Å²) in [4.78, 5) is 14.6. The van der Waals surface area contributed by atoms with E-state index < -0.39 is 0 Å². The van der Waals surface area contributed by atoms with Crippen LogP contribution in [0.15, 0.2) is 24.3 Å². The maximum absolute atomic E-state index is 12.6. The molecule has 19 heavy (non-hydrogen) atoms. The molecule has 1 aliphatic rings. The Morgan fingerprint density at radius 3 is 2.42 bits per heavy atom. The van der Waals surface area contributed by atoms with Crippen molar-refractivity contribution in [2.45, 2.75) is 44.5 Å². The van der Waals surface area contributed by atoms with Gasteiger partial charge in [-0.1, -0.05) is 41.9 Å². The van der Waals surface area contributed by atoms with Crippen molar-refractivity contribution in [1.82, 2.24) is 4.90 Å². The first-order valence-electron chi connectivity index (χ1n) is 7.07. The van der Waals surface area contributed by atoms with Gasteiger partial charge in [0.15, 0.2) is 0 Å². The highest BCUT2D eigenvalue weighted by Crippen LogP contribution is 2.29. The molecule has 0 aromatic heterocycles. The molecule has 1 aromatic carbocycles. The fraction of sp³-hybridized carbons (Fsp3) is 0.562. The summed E-state index contributed by atoms with van der Waals surface area (Å²) in [6, 6.07) is 8.43. The molecular weight excluding hydrogens is 302 g/mol. The number of amides is 1. The highest BCUT2D eigenvalue weighted by Gasteiger charge is 2.32. The van der Waals surface area contributed by atoms with Crippen molar-refractivity contribution in [1.29, 1.82) is 0 Å². The van der Waals surface area contributed by atoms with Crippen LogP contribution in [0.3, 0.4) is 0 Å². The zero-order chi connectivity index (χ0) is 13.8. The van der Waals surface area contributed by atoms with Crippen molar-refractivity contribution in [3.8, 4) is 0 Å². The van der Waals surface area contributed by atoms with Crippen molar-refractivity contribution in [3.05, 3.63) is 35.4 Å². The van der Waals surface area contributed by atoms with Gasteiger partial charge in [-0.15, -0.1) is 0 Å². The fourth-order valence-corrected chi connectivity index (χ4v) is 2.51. The van der Waals surface area contributed by atoms with E-state index in [1.165, 1.54) is 18.4 Å². The second-order valence-corrected chi connectivity index (χ2v) is 6.30. The van der Waals surface area contributed by atoms with Gasteiger partial charge in [0.05, 0.1) is 0 Å². The van der Waals surface area contributed by atoms with Crippen molar-refractivity contribution in [2.75, 3.05) is 6.54 Å². The third-order valence-electron chi connectivity index (χ3n) is 3.55. The summed E-state index contributed by atoms with van der Waals surface area (Å²) in [6.07, 6.45) is 3.42. The van der Waals surface area contributed by atoms with Crippen molar-refractivity contribution in [3.63, 3.8) is 0 Å². The predicted molar refractivity (Wildman–Crippen MR) is 82.6 cm³/mol. The molecule has 2 rings (SSSR count). The average Bonchev–Trinajstić information content (AvgIpc) is 3.23. The molecule has 104 valence electrons. The summed E-state index contributed by atoms with van der Waals surface area (Å²) in [5, 5.41) is 0.834. The number of alkyl halides is 1. The largest absolute Gasteiger partial charge is 0.336 e. The average molecular weight is 324 g/mol. The first-order chi connectivity index (χ1) is 9.11. The van der Waals surface area contributed by atoms with Crippen LogP contribution in [-0.4, -0.2) is 23.4 Å². The number of benzene rings is 1. The molecule has 0 spiro atoms. The lowest BCUT2D eigenvalue weighted by Crippen LogP contribution is -2.34. The van der Waals surface area contributed by atoms with Gasteiger partial charge in [-0.25, -0.2) is 0 Å². The molecule has 1 aromatic rings. The molecule has 1 fully saturated rings. The molecule has 1 saturated carbocycles. The Bertz CT molecular complexity index is 423. The van der Waals surface area contributed by atoms with Gasteiger partial charge in [-0.3, -0.25) is 4.79 Å². The zero-order valence-electron chi connectivity index (χ0n) is 11.7. The van der Waals surface area contributed by atoms with E-state index in [0.717, 1.165) is 23.9 Å². The second-order valence-electron chi connectivity index (χ2n) is 5.74. The molecule has 1 aliphatic carbocycles. The number of hydrogen-bond acceptors (Lipinski definition) is 1. The predicted octanol–water partition coefficient (Wildman–Crippen LogP) is 4.23. The number of hydrogen-bond donors (Lipinski definition) is 0. The Labute approximate surface area is 124 Å². The van der Waals surface area contributed by atoms with Gasteiger partial charge < -0.3 is 4.90 Å². The third kappa shape index (κ3) is 4.07. The summed E-state index contributed by atoms with van der Waals surface area (Å²) in [6.45, 7) is 5.31. The van der Waals surface area contributed by atoms with Crippen molar-refractivity contribution in [2.24, 2.45) is 5.92 Å². The van der Waals surface area contributed by atoms with E-state index in [1.54, 1.807) is 0 Å². The Morgan fingerprint density at radius 1 is 1.32 bits per heavy atom. The first kappa shape index (κ1) is 14.6. The Morgan fingerprint density at radius 2 is 1.95 bits per heavy atom. The monoisotopic (exact) mass is 323 g/mol. The molecule has 0 unspecified atom stereocenters. The molecule has 0 N–H and O–H groups in total. The molecule has 0 aliphatic heterocycles. The van der Waals surface area contributed by atoms with Crippen LogP contribution in [0.4, 0.5) is 0 Å². The highest BCUT2D eigenvalue weighted by molar-refractivity contribution is 9.08. The summed E-state index contributed by atoms with van der Waals surface area (Å²) in [5.41, 5.74) is 2.03. The minimum atomic E-state index is 0.198. The van der Waals surface area contributed by atoms with Crippen LogP contribution in [-0.2, 0) is 5.33 Å². The van der Waals surface area contributed by atoms with E-state index in [9.17, 15) is 4.79 Å². The number of halogens is 1. The number of carbonyl (C=O) groups excluding carboxylic acids is 1. The smallest absolute Gasteiger partial charge is 0.254 e. The lowest BCUT2D eigenvalue weighted by molar-refractivity contribution is 0.0735. The van der Waals surface area contributed by atoms with Gasteiger partial charge in [0.2, 0.25) is 0 Å². The van der Waals surface area contributed by atoms with Gasteiger partial charge in [0, 0.05) is 23.5 Å². The number of nitrogens with zero attached hydrogens (tertiary/aromatic N) is 1. The number of carbonyl (C=O) groups is 1. The Hall–Kier alpha value is -0.830. The van der Waals surface area contributed by atoms with Crippen LogP contribution >= 0.6 is 15.9 Å². The maximum atomic E-state index is 12.6. The van der Waals surface area contributed by atoms with E-state index in [4.69, 9.17) is 0 Å². The minimum Gasteiger partial charge on any atom is -0.336 e. The SMILES string of the molecule is CC(C)CCN(C(=O)c1ccc(CBr)cc1)C1CC1. The lowest BCUT2D eigenvalue weighted by Gasteiger charge is -2.23. The van der Waals surface area contributed by atoms with Gasteiger partial charge in [-0.05, 0) is 42.9 Å². The molecule has 1 amide bonds. The molecular formula is C16H22BrNO. The molecule has 0 bridgehead atoms. The highest BCUT2D eigenvalue weighted by atomic mass is 79.9. The van der Waals surface area contributed by atoms with E-state index in [0.29, 0.717) is 12.0 Å². The van der Waals surface area contributed by atoms with E-state index in [2.05, 4.69) is 34.7 Å². The van der Waals surface area contributed by atoms with Gasteiger partial charge in [-0.2, -0.15) is 0 Å². The maximum Gasteiger partial charge on any atom is 0.254 e. The number of rotatable bonds is 6. The minimum absolute atomic E-state index is 0.198. The molecule has 3 heteroatoms. The van der Waals surface area contributed by atoms with Crippen LogP contribution < -0.4 is 0 Å². The second kappa shape index (κ2) is 6.56. The van der Waals surface area contributed by atoms with E-state index in [1.807, 2.05) is 24.3 Å². The van der Waals surface area contributed by atoms with E-state index in [-0.39, 0.29) is 5.91 Å². The summed E-state index contributed by atoms with van der Waals surface area (Å²) >= 11 is 3.43. The lowest BCUT2D eigenvalue weighted by atomic mass is 10.1. The quantitative estimate of drug-likeness (QED) is 0.717. The van der Waals surface area contributed by atoms with Gasteiger partial charge in [0.1, 0.15) is 0 Å². The molecule has 0 radical (unpaired) electrons. The van der Waals surface area contributed by atoms with Crippen LogP contribution in [0.25, 0.3) is 0 Å². The van der Waals surface area contributed by atoms with E-state index >= 15 is 0 Å². The van der Waals surface area contributed by atoms with Crippen LogP contribution in [0.2, 0.25) is 0 Å². The standard InChI is InChI=1S/C16H22BrNO/c1-12(2)9-10-18(15-7-8-15)16(19)14-5-3-13(11-17)4-6-14/h3-6,12,15H,7-11H2,1-2H3. The first-order valence-corrected chi connectivity index (χ1v) is 8.20. The Kier molecular flexibility index (Phi) is 5.03. The van der Waals surface area contributed by atoms with Crippen LogP contribution in [0.1, 0.15) is 49.0 Å². The zero-order valence-corrected chi connectivity index (χ0v) is 13.3. The van der Waals surface area contributed by atoms with Crippen LogP contribution in [0.5, 0.6) is 0 Å². The molecule has 0 saturated heterocycles. The summed E-state index contributed by atoms with van der Waals surface area (Å²) in [5.74, 6) is 0.842. The summed E-state index contributed by atoms with van der Waals surface area (Å²) < 4.78 is 0. The van der Waals surface area contributed by atoms with Crippen molar-refractivity contribution < 1.29 is 4.79 Å².